The Hall–Kier alpha value is -1.03. The van der Waals surface area contributed by atoms with E-state index >= 15 is 0 Å². The summed E-state index contributed by atoms with van der Waals surface area (Å²) in [6.45, 7) is 6.78. The lowest BCUT2D eigenvalue weighted by molar-refractivity contribution is -0.144. The van der Waals surface area contributed by atoms with Crippen LogP contribution in [-0.4, -0.2) is 24.1 Å². The molecule has 5 heteroatoms. The van der Waals surface area contributed by atoms with Gasteiger partial charge in [0.15, 0.2) is 0 Å². The van der Waals surface area contributed by atoms with Crippen molar-refractivity contribution in [3.05, 3.63) is 11.1 Å². The minimum Gasteiger partial charge on any atom is -0.460 e. The molecule has 0 aromatic rings. The van der Waals surface area contributed by atoms with Gasteiger partial charge in [0, 0.05) is 6.08 Å². The van der Waals surface area contributed by atoms with E-state index in [9.17, 15) is 9.59 Å². The Balaban J connectivity index is 4.29. The van der Waals surface area contributed by atoms with Gasteiger partial charge in [0.2, 0.25) is 0 Å². The Morgan fingerprint density at radius 3 is 1.93 bits per heavy atom. The van der Waals surface area contributed by atoms with Crippen molar-refractivity contribution in [1.29, 1.82) is 0 Å². The van der Waals surface area contributed by atoms with Gasteiger partial charge in [0.25, 0.3) is 0 Å². The van der Waals surface area contributed by atoms with E-state index in [1.807, 2.05) is 0 Å². The zero-order valence-corrected chi connectivity index (χ0v) is 10.00. The van der Waals surface area contributed by atoms with Crippen molar-refractivity contribution in [2.45, 2.75) is 39.9 Å². The molecule has 0 atom stereocenters. The first-order valence-corrected chi connectivity index (χ1v) is 4.99. The van der Waals surface area contributed by atoms with Gasteiger partial charge in [0.1, 0.15) is 5.03 Å². The monoisotopic (exact) mass is 234 g/mol. The van der Waals surface area contributed by atoms with Gasteiger partial charge in [-0.05, 0) is 27.7 Å². The Morgan fingerprint density at radius 1 is 1.07 bits per heavy atom. The van der Waals surface area contributed by atoms with Gasteiger partial charge in [-0.25, -0.2) is 9.59 Å². The van der Waals surface area contributed by atoms with Crippen LogP contribution in [0.25, 0.3) is 0 Å². The van der Waals surface area contributed by atoms with Gasteiger partial charge in [-0.15, -0.1) is 0 Å². The number of ether oxygens (including phenoxy) is 2. The number of carbonyl (C=O) groups excluding carboxylic acids is 2. The summed E-state index contributed by atoms with van der Waals surface area (Å²) in [7, 11) is 0. The molecule has 0 saturated heterocycles. The van der Waals surface area contributed by atoms with E-state index in [1.165, 1.54) is 0 Å². The lowest BCUT2D eigenvalue weighted by Crippen LogP contribution is -2.14. The molecule has 0 fully saturated rings. The van der Waals surface area contributed by atoms with Gasteiger partial charge < -0.3 is 9.47 Å². The van der Waals surface area contributed by atoms with Crippen molar-refractivity contribution in [1.82, 2.24) is 0 Å². The number of esters is 2. The van der Waals surface area contributed by atoms with Crippen LogP contribution in [0.3, 0.4) is 0 Å². The van der Waals surface area contributed by atoms with Crippen molar-refractivity contribution in [3.8, 4) is 0 Å². The molecular formula is C10H15ClO4. The molecular weight excluding hydrogens is 220 g/mol. The van der Waals surface area contributed by atoms with Crippen molar-refractivity contribution < 1.29 is 19.1 Å². The van der Waals surface area contributed by atoms with Crippen molar-refractivity contribution >= 4 is 23.5 Å². The quantitative estimate of drug-likeness (QED) is 0.552. The number of rotatable bonds is 4. The molecule has 0 unspecified atom stereocenters. The Morgan fingerprint density at radius 2 is 1.53 bits per heavy atom. The molecule has 0 aliphatic carbocycles. The Kier molecular flexibility index (Phi) is 6.01. The maximum atomic E-state index is 11.1. The molecule has 0 radical (unpaired) electrons. The van der Waals surface area contributed by atoms with Gasteiger partial charge in [-0.2, -0.15) is 0 Å². The van der Waals surface area contributed by atoms with Crippen LogP contribution < -0.4 is 0 Å². The molecule has 4 nitrogen and oxygen atoms in total. The van der Waals surface area contributed by atoms with E-state index in [0.29, 0.717) is 0 Å². The van der Waals surface area contributed by atoms with Gasteiger partial charge in [0.05, 0.1) is 12.2 Å². The van der Waals surface area contributed by atoms with Crippen molar-refractivity contribution in [3.63, 3.8) is 0 Å². The highest BCUT2D eigenvalue weighted by Gasteiger charge is 2.13. The molecule has 0 amide bonds. The third kappa shape index (κ3) is 6.96. The number of hydrogen-bond acceptors (Lipinski definition) is 4. The molecule has 86 valence electrons. The highest BCUT2D eigenvalue weighted by molar-refractivity contribution is 6.42. The topological polar surface area (TPSA) is 52.6 Å². The summed E-state index contributed by atoms with van der Waals surface area (Å²) in [4.78, 5) is 22.2. The molecule has 0 aliphatic heterocycles. The molecule has 0 saturated carbocycles. The van der Waals surface area contributed by atoms with Gasteiger partial charge >= 0.3 is 11.9 Å². The number of halogens is 1. The van der Waals surface area contributed by atoms with Gasteiger partial charge in [-0.3, -0.25) is 0 Å². The van der Waals surface area contributed by atoms with Crippen molar-refractivity contribution in [2.24, 2.45) is 0 Å². The molecule has 15 heavy (non-hydrogen) atoms. The molecule has 0 aliphatic rings. The van der Waals surface area contributed by atoms with Crippen LogP contribution in [0.1, 0.15) is 27.7 Å². The van der Waals surface area contributed by atoms with Crippen LogP contribution in [-0.2, 0) is 19.1 Å². The zero-order valence-electron chi connectivity index (χ0n) is 9.24. The summed E-state index contributed by atoms with van der Waals surface area (Å²) in [5.41, 5.74) is 0. The van der Waals surface area contributed by atoms with Crippen molar-refractivity contribution in [2.75, 3.05) is 0 Å². The third-order valence-electron chi connectivity index (χ3n) is 1.13. The Bertz CT molecular complexity index is 269. The highest BCUT2D eigenvalue weighted by atomic mass is 35.5. The lowest BCUT2D eigenvalue weighted by Gasteiger charge is -2.07. The molecule has 0 spiro atoms. The molecule has 0 heterocycles. The molecule has 0 aromatic heterocycles. The predicted octanol–water partition coefficient (Wildman–Crippen LogP) is 2.01. The fourth-order valence-corrected chi connectivity index (χ4v) is 0.833. The summed E-state index contributed by atoms with van der Waals surface area (Å²) in [6, 6.07) is 0. The third-order valence-corrected chi connectivity index (χ3v) is 1.40. The summed E-state index contributed by atoms with van der Waals surface area (Å²) < 4.78 is 9.54. The zero-order chi connectivity index (χ0) is 12.0. The first kappa shape index (κ1) is 14.0. The fourth-order valence-electron chi connectivity index (χ4n) is 0.699. The predicted molar refractivity (Wildman–Crippen MR) is 56.4 cm³/mol. The largest absolute Gasteiger partial charge is 0.460 e. The van der Waals surface area contributed by atoms with E-state index in [1.54, 1.807) is 27.7 Å². The first-order valence-electron chi connectivity index (χ1n) is 4.61. The van der Waals surface area contributed by atoms with E-state index in [4.69, 9.17) is 21.1 Å². The minimum absolute atomic E-state index is 0.251. The second kappa shape index (κ2) is 6.45. The molecule has 0 bridgehead atoms. The van der Waals surface area contributed by atoms with Crippen LogP contribution in [0.2, 0.25) is 0 Å². The van der Waals surface area contributed by atoms with E-state index in [-0.39, 0.29) is 17.2 Å². The normalized spacial score (nSPS) is 11.8. The summed E-state index contributed by atoms with van der Waals surface area (Å²) in [5, 5.41) is -0.283. The van der Waals surface area contributed by atoms with Crippen LogP contribution in [0.4, 0.5) is 0 Å². The van der Waals surface area contributed by atoms with E-state index < -0.39 is 11.9 Å². The molecule has 0 N–H and O–H groups in total. The smallest absolute Gasteiger partial charge is 0.350 e. The minimum atomic E-state index is -0.729. The highest BCUT2D eigenvalue weighted by Crippen LogP contribution is 2.07. The molecule has 0 aromatic carbocycles. The van der Waals surface area contributed by atoms with Crippen LogP contribution in [0, 0.1) is 0 Å². The molecule has 0 rings (SSSR count). The van der Waals surface area contributed by atoms with Crippen LogP contribution in [0.5, 0.6) is 0 Å². The Labute approximate surface area is 94.2 Å². The van der Waals surface area contributed by atoms with Crippen LogP contribution in [0.15, 0.2) is 11.1 Å². The summed E-state index contributed by atoms with van der Waals surface area (Å²) in [6.07, 6.45) is 0.381. The van der Waals surface area contributed by atoms with E-state index in [2.05, 4.69) is 0 Å². The second-order valence-corrected chi connectivity index (χ2v) is 3.84. The average Bonchev–Trinajstić information content (AvgIpc) is 2.00. The number of hydrogen-bond donors (Lipinski definition) is 0. The van der Waals surface area contributed by atoms with Gasteiger partial charge in [-0.1, -0.05) is 11.6 Å². The second-order valence-electron chi connectivity index (χ2n) is 3.43. The summed E-state index contributed by atoms with van der Waals surface area (Å²) >= 11 is 5.54. The average molecular weight is 235 g/mol. The standard InChI is InChI=1S/C10H15ClO4/c1-6(2)14-9(12)5-8(11)10(13)15-7(3)4/h5-7H,1-4H3/b8-5+. The maximum Gasteiger partial charge on any atom is 0.350 e. The fraction of sp³-hybridized carbons (Fsp3) is 0.600. The summed E-state index contributed by atoms with van der Waals surface area (Å²) in [5.74, 6) is -1.39. The maximum absolute atomic E-state index is 11.1. The lowest BCUT2D eigenvalue weighted by atomic mass is 10.4. The van der Waals surface area contributed by atoms with E-state index in [0.717, 1.165) is 6.08 Å². The van der Waals surface area contributed by atoms with Crippen LogP contribution >= 0.6 is 11.6 Å². The number of carbonyl (C=O) groups is 2. The first-order chi connectivity index (χ1) is 6.82. The SMILES string of the molecule is CC(C)OC(=O)/C=C(/Cl)C(=O)OC(C)C.